The fourth-order valence-corrected chi connectivity index (χ4v) is 4.46. The molecule has 1 saturated carbocycles. The summed E-state index contributed by atoms with van der Waals surface area (Å²) >= 11 is 0. The van der Waals surface area contributed by atoms with Gasteiger partial charge in [-0.15, -0.1) is 0 Å². The lowest BCUT2D eigenvalue weighted by atomic mass is 9.57. The summed E-state index contributed by atoms with van der Waals surface area (Å²) in [5.74, 6) is -1.03. The van der Waals surface area contributed by atoms with Crippen LogP contribution in [0.25, 0.3) is 5.57 Å². The zero-order valence-corrected chi connectivity index (χ0v) is 14.4. The zero-order chi connectivity index (χ0) is 17.7. The number of carbonyl (C=O) groups is 2. The number of esters is 2. The Bertz CT molecular complexity index is 750. The summed E-state index contributed by atoms with van der Waals surface area (Å²) in [6.45, 7) is 3.68. The molecule has 0 aromatic heterocycles. The van der Waals surface area contributed by atoms with Crippen LogP contribution in [-0.2, 0) is 24.5 Å². The van der Waals surface area contributed by atoms with Gasteiger partial charge in [-0.1, -0.05) is 31.2 Å². The van der Waals surface area contributed by atoms with Crippen LogP contribution in [0.3, 0.4) is 0 Å². The molecule has 1 fully saturated rings. The van der Waals surface area contributed by atoms with E-state index in [9.17, 15) is 14.7 Å². The van der Waals surface area contributed by atoms with Crippen LogP contribution in [-0.4, -0.2) is 37.4 Å². The highest BCUT2D eigenvalue weighted by molar-refractivity contribution is 6.21. The van der Waals surface area contributed by atoms with Gasteiger partial charge < -0.3 is 14.6 Å². The van der Waals surface area contributed by atoms with Crippen molar-refractivity contribution in [1.82, 2.24) is 0 Å². The van der Waals surface area contributed by atoms with Crippen molar-refractivity contribution in [2.45, 2.75) is 38.2 Å². The quantitative estimate of drug-likeness (QED) is 0.842. The smallest absolute Gasteiger partial charge is 0.338 e. The van der Waals surface area contributed by atoms with E-state index in [0.717, 1.165) is 11.1 Å². The molecule has 1 aromatic carbocycles. The Morgan fingerprint density at radius 1 is 1.17 bits per heavy atom. The van der Waals surface area contributed by atoms with Gasteiger partial charge in [0.25, 0.3) is 0 Å². The summed E-state index contributed by atoms with van der Waals surface area (Å²) in [5.41, 5.74) is 0.941. The van der Waals surface area contributed by atoms with Gasteiger partial charge in [0.15, 0.2) is 0 Å². The van der Waals surface area contributed by atoms with Crippen molar-refractivity contribution in [2.24, 2.45) is 5.41 Å². The summed E-state index contributed by atoms with van der Waals surface area (Å²) in [4.78, 5) is 25.2. The second-order valence-electron chi connectivity index (χ2n) is 6.87. The average molecular weight is 330 g/mol. The lowest BCUT2D eigenvalue weighted by Crippen LogP contribution is -2.51. The van der Waals surface area contributed by atoms with E-state index in [2.05, 4.69) is 0 Å². The number of aliphatic hydroxyl groups excluding tert-OH is 1. The number of aliphatic hydroxyl groups is 1. The van der Waals surface area contributed by atoms with Crippen molar-refractivity contribution >= 4 is 17.5 Å². The zero-order valence-electron chi connectivity index (χ0n) is 14.4. The van der Waals surface area contributed by atoms with Gasteiger partial charge in [-0.05, 0) is 36.5 Å². The normalized spacial score (nSPS) is 31.3. The molecule has 2 aliphatic rings. The first-order valence-corrected chi connectivity index (χ1v) is 8.02. The van der Waals surface area contributed by atoms with Crippen molar-refractivity contribution in [3.05, 3.63) is 41.0 Å². The molecule has 3 rings (SSSR count). The highest BCUT2D eigenvalue weighted by Gasteiger charge is 2.60. The maximum atomic E-state index is 12.6. The minimum absolute atomic E-state index is 0.377. The molecule has 0 aliphatic heterocycles. The monoisotopic (exact) mass is 330 g/mol. The van der Waals surface area contributed by atoms with Crippen LogP contribution >= 0.6 is 0 Å². The Hall–Kier alpha value is -2.14. The molecule has 0 radical (unpaired) electrons. The molecule has 5 heteroatoms. The second kappa shape index (κ2) is 5.45. The lowest BCUT2D eigenvalue weighted by molar-refractivity contribution is -0.158. The summed E-state index contributed by atoms with van der Waals surface area (Å²) in [5, 5.41) is 10.7. The van der Waals surface area contributed by atoms with E-state index in [-0.39, 0.29) is 0 Å². The lowest BCUT2D eigenvalue weighted by Gasteiger charge is -2.46. The Morgan fingerprint density at radius 2 is 1.83 bits per heavy atom. The Balaban J connectivity index is 2.38. The molecule has 1 N–H and O–H groups in total. The molecule has 1 unspecified atom stereocenters. The fourth-order valence-electron chi connectivity index (χ4n) is 4.46. The molecule has 0 amide bonds. The van der Waals surface area contributed by atoms with Crippen LogP contribution in [0.1, 0.15) is 37.8 Å². The van der Waals surface area contributed by atoms with E-state index in [0.29, 0.717) is 24.0 Å². The minimum Gasteiger partial charge on any atom is -0.468 e. The van der Waals surface area contributed by atoms with Crippen molar-refractivity contribution in [1.29, 1.82) is 0 Å². The summed E-state index contributed by atoms with van der Waals surface area (Å²) < 4.78 is 9.99. The molecule has 0 saturated heterocycles. The summed E-state index contributed by atoms with van der Waals surface area (Å²) in [6.07, 6.45) is 0.184. The predicted octanol–water partition coefficient (Wildman–Crippen LogP) is 2.22. The Kier molecular flexibility index (Phi) is 3.79. The first kappa shape index (κ1) is 16.7. The van der Waals surface area contributed by atoms with E-state index in [1.165, 1.54) is 14.2 Å². The maximum absolute atomic E-state index is 12.6. The number of carbonyl (C=O) groups excluding carboxylic acids is 2. The predicted molar refractivity (Wildman–Crippen MR) is 88.1 cm³/mol. The van der Waals surface area contributed by atoms with Crippen molar-refractivity contribution in [3.63, 3.8) is 0 Å². The van der Waals surface area contributed by atoms with E-state index < -0.39 is 28.9 Å². The standard InChI is InChI=1S/C19H22O5/c1-18-10-9-13(20)19(2,17(22)24-4)15(18)14(16(21)23-3)11-7-5-6-8-12(11)18/h5-8,13,20H,9-10H2,1-4H3/t13?,18-,19+/m0/s1. The van der Waals surface area contributed by atoms with Crippen LogP contribution in [0.5, 0.6) is 0 Å². The third-order valence-electron chi connectivity index (χ3n) is 5.70. The highest BCUT2D eigenvalue weighted by Crippen LogP contribution is 2.60. The third-order valence-corrected chi connectivity index (χ3v) is 5.70. The Morgan fingerprint density at radius 3 is 2.46 bits per heavy atom. The van der Waals surface area contributed by atoms with Crippen LogP contribution < -0.4 is 0 Å². The van der Waals surface area contributed by atoms with Crippen molar-refractivity contribution in [3.8, 4) is 0 Å². The van der Waals surface area contributed by atoms with Gasteiger partial charge in [0, 0.05) is 5.41 Å². The molecule has 0 spiro atoms. The maximum Gasteiger partial charge on any atom is 0.338 e. The number of hydrogen-bond acceptors (Lipinski definition) is 5. The molecule has 3 atom stereocenters. The fraction of sp³-hybridized carbons (Fsp3) is 0.474. The number of fused-ring (bicyclic) bond motifs is 3. The Labute approximate surface area is 141 Å². The van der Waals surface area contributed by atoms with Gasteiger partial charge in [0.2, 0.25) is 0 Å². The van der Waals surface area contributed by atoms with Gasteiger partial charge in [-0.2, -0.15) is 0 Å². The average Bonchev–Trinajstić information content (AvgIpc) is 2.87. The largest absolute Gasteiger partial charge is 0.468 e. The first-order valence-electron chi connectivity index (χ1n) is 8.02. The first-order chi connectivity index (χ1) is 11.3. The van der Waals surface area contributed by atoms with E-state index >= 15 is 0 Å². The van der Waals surface area contributed by atoms with Gasteiger partial charge in [0.05, 0.1) is 25.9 Å². The molecule has 128 valence electrons. The number of benzene rings is 1. The minimum atomic E-state index is -1.29. The summed E-state index contributed by atoms with van der Waals surface area (Å²) in [6, 6.07) is 7.61. The van der Waals surface area contributed by atoms with Crippen molar-refractivity contribution < 1.29 is 24.2 Å². The molecular formula is C19H22O5. The van der Waals surface area contributed by atoms with Crippen molar-refractivity contribution in [2.75, 3.05) is 14.2 Å². The van der Waals surface area contributed by atoms with Gasteiger partial charge in [0.1, 0.15) is 5.41 Å². The molecule has 5 nitrogen and oxygen atoms in total. The highest BCUT2D eigenvalue weighted by atomic mass is 16.5. The number of hydrogen-bond donors (Lipinski definition) is 1. The second-order valence-corrected chi connectivity index (χ2v) is 6.87. The number of methoxy groups -OCH3 is 2. The van der Waals surface area contributed by atoms with E-state index in [1.54, 1.807) is 6.92 Å². The van der Waals surface area contributed by atoms with Crippen LogP contribution in [0.15, 0.2) is 29.8 Å². The van der Waals surface area contributed by atoms with Gasteiger partial charge in [-0.3, -0.25) is 4.79 Å². The molecule has 24 heavy (non-hydrogen) atoms. The molecule has 0 heterocycles. The SMILES string of the molecule is COC(=O)C1=C2[C@](C)(C(=O)OC)C(O)CC[C@@]2(C)c2ccccc21. The molecule has 0 bridgehead atoms. The van der Waals surface area contributed by atoms with E-state index in [1.807, 2.05) is 31.2 Å². The topological polar surface area (TPSA) is 72.8 Å². The molecular weight excluding hydrogens is 308 g/mol. The summed E-state index contributed by atoms with van der Waals surface area (Å²) in [7, 11) is 2.62. The third kappa shape index (κ3) is 1.91. The molecule has 2 aliphatic carbocycles. The van der Waals surface area contributed by atoms with Gasteiger partial charge >= 0.3 is 11.9 Å². The van der Waals surface area contributed by atoms with Crippen LogP contribution in [0.2, 0.25) is 0 Å². The van der Waals surface area contributed by atoms with Crippen LogP contribution in [0, 0.1) is 5.41 Å². The van der Waals surface area contributed by atoms with E-state index in [4.69, 9.17) is 9.47 Å². The van der Waals surface area contributed by atoms with Gasteiger partial charge in [-0.25, -0.2) is 4.79 Å². The molecule has 1 aromatic rings. The number of ether oxygens (including phenoxy) is 2. The van der Waals surface area contributed by atoms with Crippen LogP contribution in [0.4, 0.5) is 0 Å². The number of rotatable bonds is 2.